The molecule has 22 heavy (non-hydrogen) atoms. The molecule has 0 saturated heterocycles. The number of benzene rings is 2. The second-order valence-corrected chi connectivity index (χ2v) is 4.93. The van der Waals surface area contributed by atoms with Crippen molar-refractivity contribution < 1.29 is 9.47 Å². The Morgan fingerprint density at radius 2 is 1.59 bits per heavy atom. The van der Waals surface area contributed by atoms with Crippen molar-refractivity contribution in [3.63, 3.8) is 0 Å². The summed E-state index contributed by atoms with van der Waals surface area (Å²) in [5, 5.41) is 0.959. The van der Waals surface area contributed by atoms with Crippen LogP contribution in [0.25, 0.3) is 22.2 Å². The Balaban J connectivity index is 2.34. The maximum atomic E-state index is 5.41. The van der Waals surface area contributed by atoms with Crippen LogP contribution in [0.3, 0.4) is 0 Å². The van der Waals surface area contributed by atoms with Crippen LogP contribution < -0.4 is 9.47 Å². The molecule has 0 radical (unpaired) electrons. The van der Waals surface area contributed by atoms with Crippen molar-refractivity contribution in [1.29, 1.82) is 0 Å². The molecule has 4 nitrogen and oxygen atoms in total. The molecule has 0 aliphatic carbocycles. The maximum Gasteiger partial charge on any atom is 0.162 e. The van der Waals surface area contributed by atoms with Crippen LogP contribution in [0.4, 0.5) is 0 Å². The number of ether oxygens (including phenoxy) is 2. The Bertz CT molecular complexity index is 801. The van der Waals surface area contributed by atoms with E-state index in [0.29, 0.717) is 11.5 Å². The van der Waals surface area contributed by atoms with E-state index in [4.69, 9.17) is 14.5 Å². The Labute approximate surface area is 129 Å². The third-order valence-electron chi connectivity index (χ3n) is 3.61. The number of aromatic nitrogens is 2. The summed E-state index contributed by atoms with van der Waals surface area (Å²) in [7, 11) is 3.26. The zero-order valence-electron chi connectivity index (χ0n) is 13.0. The number of fused-ring (bicyclic) bond motifs is 1. The van der Waals surface area contributed by atoms with Gasteiger partial charge in [-0.2, -0.15) is 0 Å². The second kappa shape index (κ2) is 6.02. The zero-order valence-corrected chi connectivity index (χ0v) is 13.0. The quantitative estimate of drug-likeness (QED) is 0.732. The van der Waals surface area contributed by atoms with Crippen molar-refractivity contribution in [2.45, 2.75) is 13.3 Å². The van der Waals surface area contributed by atoms with E-state index in [0.717, 1.165) is 34.4 Å². The number of hydrogen-bond acceptors (Lipinski definition) is 4. The topological polar surface area (TPSA) is 44.2 Å². The van der Waals surface area contributed by atoms with Crippen LogP contribution in [0.2, 0.25) is 0 Å². The van der Waals surface area contributed by atoms with Crippen LogP contribution in [0.15, 0.2) is 42.5 Å². The minimum absolute atomic E-state index is 0.676. The van der Waals surface area contributed by atoms with Gasteiger partial charge in [0, 0.05) is 23.4 Å². The lowest BCUT2D eigenvalue weighted by atomic mass is 10.1. The summed E-state index contributed by atoms with van der Waals surface area (Å²) in [5.41, 5.74) is 2.85. The molecule has 112 valence electrons. The molecule has 0 unspecified atom stereocenters. The van der Waals surface area contributed by atoms with Gasteiger partial charge in [-0.3, -0.25) is 0 Å². The maximum absolute atomic E-state index is 5.41. The van der Waals surface area contributed by atoms with Gasteiger partial charge >= 0.3 is 0 Å². The van der Waals surface area contributed by atoms with Gasteiger partial charge < -0.3 is 9.47 Å². The standard InChI is InChI=1S/C18H18N2O2/c1-4-17-19-14-11-16(22-3)15(21-2)10-13(14)18(20-17)12-8-6-5-7-9-12/h5-11H,4H2,1-3H3. The first kappa shape index (κ1) is 14.3. The number of nitrogens with zero attached hydrogens (tertiary/aromatic N) is 2. The van der Waals surface area contributed by atoms with Gasteiger partial charge in [0.15, 0.2) is 11.5 Å². The molecule has 1 aromatic heterocycles. The van der Waals surface area contributed by atoms with Crippen LogP contribution in [0.1, 0.15) is 12.7 Å². The first-order valence-electron chi connectivity index (χ1n) is 7.25. The molecule has 0 saturated carbocycles. The number of rotatable bonds is 4. The molecule has 0 bridgehead atoms. The highest BCUT2D eigenvalue weighted by molar-refractivity contribution is 5.94. The van der Waals surface area contributed by atoms with E-state index < -0.39 is 0 Å². The number of methoxy groups -OCH3 is 2. The van der Waals surface area contributed by atoms with Crippen LogP contribution in [0, 0.1) is 0 Å². The van der Waals surface area contributed by atoms with E-state index in [1.165, 1.54) is 0 Å². The molecule has 0 aliphatic heterocycles. The Morgan fingerprint density at radius 1 is 0.909 bits per heavy atom. The largest absolute Gasteiger partial charge is 0.493 e. The Morgan fingerprint density at radius 3 is 2.23 bits per heavy atom. The summed E-state index contributed by atoms with van der Waals surface area (Å²) in [5.74, 6) is 2.17. The molecule has 4 heteroatoms. The third-order valence-corrected chi connectivity index (χ3v) is 3.61. The average molecular weight is 294 g/mol. The normalized spacial score (nSPS) is 10.7. The first-order chi connectivity index (χ1) is 10.8. The summed E-state index contributed by atoms with van der Waals surface area (Å²) in [6.45, 7) is 2.05. The lowest BCUT2D eigenvalue weighted by Crippen LogP contribution is -1.99. The van der Waals surface area contributed by atoms with Crippen LogP contribution in [0.5, 0.6) is 11.5 Å². The van der Waals surface area contributed by atoms with E-state index in [1.54, 1.807) is 14.2 Å². The lowest BCUT2D eigenvalue weighted by molar-refractivity contribution is 0.356. The van der Waals surface area contributed by atoms with Gasteiger partial charge in [0.05, 0.1) is 25.4 Å². The summed E-state index contributed by atoms with van der Waals surface area (Å²) >= 11 is 0. The van der Waals surface area contributed by atoms with Crippen LogP contribution in [-0.4, -0.2) is 24.2 Å². The second-order valence-electron chi connectivity index (χ2n) is 4.93. The van der Waals surface area contributed by atoms with Gasteiger partial charge in [0.2, 0.25) is 0 Å². The Kier molecular flexibility index (Phi) is 3.92. The van der Waals surface area contributed by atoms with Gasteiger partial charge in [-0.25, -0.2) is 9.97 Å². The van der Waals surface area contributed by atoms with Crippen molar-refractivity contribution in [2.75, 3.05) is 14.2 Å². The van der Waals surface area contributed by atoms with Crippen molar-refractivity contribution in [3.05, 3.63) is 48.3 Å². The zero-order chi connectivity index (χ0) is 15.5. The molecule has 0 fully saturated rings. The fourth-order valence-electron chi connectivity index (χ4n) is 2.48. The summed E-state index contributed by atoms with van der Waals surface area (Å²) < 4.78 is 10.8. The van der Waals surface area contributed by atoms with E-state index in [1.807, 2.05) is 30.3 Å². The van der Waals surface area contributed by atoms with Gasteiger partial charge in [-0.15, -0.1) is 0 Å². The monoisotopic (exact) mass is 294 g/mol. The molecule has 0 atom stereocenters. The van der Waals surface area contributed by atoms with Crippen molar-refractivity contribution in [2.24, 2.45) is 0 Å². The molecule has 0 aliphatic rings. The highest BCUT2D eigenvalue weighted by Gasteiger charge is 2.13. The van der Waals surface area contributed by atoms with Crippen LogP contribution >= 0.6 is 0 Å². The summed E-state index contributed by atoms with van der Waals surface area (Å²) in [4.78, 5) is 9.33. The molecular formula is C18H18N2O2. The average Bonchev–Trinajstić information content (AvgIpc) is 2.60. The molecule has 0 amide bonds. The Hall–Kier alpha value is -2.62. The number of aryl methyl sites for hydroxylation is 1. The molecular weight excluding hydrogens is 276 g/mol. The van der Waals surface area contributed by atoms with Crippen molar-refractivity contribution in [1.82, 2.24) is 9.97 Å². The van der Waals surface area contributed by atoms with Gasteiger partial charge in [-0.1, -0.05) is 37.3 Å². The lowest BCUT2D eigenvalue weighted by Gasteiger charge is -2.12. The van der Waals surface area contributed by atoms with Gasteiger partial charge in [-0.05, 0) is 6.07 Å². The fraction of sp³-hybridized carbons (Fsp3) is 0.222. The molecule has 3 rings (SSSR count). The van der Waals surface area contributed by atoms with Crippen LogP contribution in [-0.2, 0) is 6.42 Å². The summed E-state index contributed by atoms with van der Waals surface area (Å²) in [6, 6.07) is 14.0. The molecule has 0 N–H and O–H groups in total. The van der Waals surface area contributed by atoms with E-state index >= 15 is 0 Å². The van der Waals surface area contributed by atoms with E-state index in [2.05, 4.69) is 24.0 Å². The third kappa shape index (κ3) is 2.48. The molecule has 2 aromatic carbocycles. The number of hydrogen-bond donors (Lipinski definition) is 0. The fourth-order valence-corrected chi connectivity index (χ4v) is 2.48. The SMILES string of the molecule is CCc1nc(-c2ccccc2)c2cc(OC)c(OC)cc2n1. The van der Waals surface area contributed by atoms with Crippen molar-refractivity contribution >= 4 is 10.9 Å². The smallest absolute Gasteiger partial charge is 0.162 e. The summed E-state index contributed by atoms with van der Waals surface area (Å²) in [6.07, 6.45) is 0.782. The van der Waals surface area contributed by atoms with E-state index in [-0.39, 0.29) is 0 Å². The van der Waals surface area contributed by atoms with Crippen molar-refractivity contribution in [3.8, 4) is 22.8 Å². The van der Waals surface area contributed by atoms with E-state index in [9.17, 15) is 0 Å². The predicted molar refractivity (Wildman–Crippen MR) is 87.5 cm³/mol. The minimum atomic E-state index is 0.676. The highest BCUT2D eigenvalue weighted by Crippen LogP contribution is 2.35. The highest BCUT2D eigenvalue weighted by atomic mass is 16.5. The minimum Gasteiger partial charge on any atom is -0.493 e. The molecule has 1 heterocycles. The molecule has 3 aromatic rings. The predicted octanol–water partition coefficient (Wildman–Crippen LogP) is 3.88. The van der Waals surface area contributed by atoms with Gasteiger partial charge in [0.1, 0.15) is 5.82 Å². The first-order valence-corrected chi connectivity index (χ1v) is 7.25. The van der Waals surface area contributed by atoms with Gasteiger partial charge in [0.25, 0.3) is 0 Å². The molecule has 0 spiro atoms.